The Morgan fingerprint density at radius 1 is 1.40 bits per heavy atom. The molecule has 1 saturated carbocycles. The Balaban J connectivity index is 2.46. The molecule has 0 aromatic heterocycles. The molecule has 2 rings (SSSR count). The molecule has 15 heavy (non-hydrogen) atoms. The summed E-state index contributed by atoms with van der Waals surface area (Å²) in [5.74, 6) is 0.826. The quantitative estimate of drug-likeness (QED) is 0.664. The molecular formula is C15H18. The molecule has 1 fully saturated rings. The summed E-state index contributed by atoms with van der Waals surface area (Å²) in [5.41, 5.74) is 5.43. The summed E-state index contributed by atoms with van der Waals surface area (Å²) in [5, 5.41) is 0. The zero-order chi connectivity index (χ0) is 10.8. The van der Waals surface area contributed by atoms with E-state index in [0.29, 0.717) is 0 Å². The highest BCUT2D eigenvalue weighted by Crippen LogP contribution is 2.41. The third-order valence-electron chi connectivity index (χ3n) is 3.20. The van der Waals surface area contributed by atoms with Gasteiger partial charge in [-0.25, -0.2) is 0 Å². The molecular weight excluding hydrogens is 180 g/mol. The van der Waals surface area contributed by atoms with Crippen molar-refractivity contribution in [3.8, 4) is 0 Å². The second-order valence-electron chi connectivity index (χ2n) is 4.30. The fraction of sp³-hybridized carbons (Fsp3) is 0.333. The van der Waals surface area contributed by atoms with Crippen molar-refractivity contribution in [1.29, 1.82) is 0 Å². The van der Waals surface area contributed by atoms with Gasteiger partial charge in [-0.1, -0.05) is 36.9 Å². The van der Waals surface area contributed by atoms with Crippen LogP contribution < -0.4 is 0 Å². The Labute approximate surface area is 92.3 Å². The van der Waals surface area contributed by atoms with Gasteiger partial charge in [0, 0.05) is 0 Å². The molecule has 1 aromatic carbocycles. The predicted molar refractivity (Wildman–Crippen MR) is 67.8 cm³/mol. The highest BCUT2D eigenvalue weighted by atomic mass is 14.3. The van der Waals surface area contributed by atoms with Gasteiger partial charge in [-0.15, -0.1) is 0 Å². The van der Waals surface area contributed by atoms with Crippen molar-refractivity contribution in [2.45, 2.75) is 32.6 Å². The summed E-state index contributed by atoms with van der Waals surface area (Å²) >= 11 is 0. The molecule has 0 atom stereocenters. The molecule has 0 amide bonds. The fourth-order valence-electron chi connectivity index (χ4n) is 1.92. The zero-order valence-corrected chi connectivity index (χ0v) is 9.59. The lowest BCUT2D eigenvalue weighted by atomic mass is 9.96. The summed E-state index contributed by atoms with van der Waals surface area (Å²) in [6, 6.07) is 6.79. The zero-order valence-electron chi connectivity index (χ0n) is 9.59. The van der Waals surface area contributed by atoms with Gasteiger partial charge < -0.3 is 0 Å². The molecule has 0 unspecified atom stereocenters. The Morgan fingerprint density at radius 2 is 2.13 bits per heavy atom. The van der Waals surface area contributed by atoms with Crippen LogP contribution in [0.5, 0.6) is 0 Å². The summed E-state index contributed by atoms with van der Waals surface area (Å²) in [6.45, 7) is 8.13. The maximum Gasteiger partial charge on any atom is -0.0155 e. The van der Waals surface area contributed by atoms with Crippen molar-refractivity contribution in [3.05, 3.63) is 47.5 Å². The van der Waals surface area contributed by atoms with Crippen LogP contribution in [0.25, 0.3) is 11.6 Å². The van der Waals surface area contributed by atoms with E-state index >= 15 is 0 Å². The predicted octanol–water partition coefficient (Wildman–Crippen LogP) is 4.63. The van der Waals surface area contributed by atoms with Crippen molar-refractivity contribution in [2.75, 3.05) is 0 Å². The summed E-state index contributed by atoms with van der Waals surface area (Å²) in [6.07, 6.45) is 6.83. The normalized spacial score (nSPS) is 16.5. The molecule has 0 nitrogen and oxygen atoms in total. The van der Waals surface area contributed by atoms with E-state index in [-0.39, 0.29) is 0 Å². The number of hydrogen-bond donors (Lipinski definition) is 0. The van der Waals surface area contributed by atoms with E-state index in [2.05, 4.69) is 44.7 Å². The fourth-order valence-corrected chi connectivity index (χ4v) is 1.92. The lowest BCUT2D eigenvalue weighted by Crippen LogP contribution is -1.89. The highest BCUT2D eigenvalue weighted by molar-refractivity contribution is 5.73. The van der Waals surface area contributed by atoms with E-state index in [1.54, 1.807) is 0 Å². The van der Waals surface area contributed by atoms with Crippen molar-refractivity contribution in [1.82, 2.24) is 0 Å². The van der Waals surface area contributed by atoms with Crippen LogP contribution in [-0.2, 0) is 0 Å². The third kappa shape index (κ3) is 2.04. The highest BCUT2D eigenvalue weighted by Gasteiger charge is 2.23. The third-order valence-corrected chi connectivity index (χ3v) is 3.20. The molecule has 0 heterocycles. The Hall–Kier alpha value is -1.30. The van der Waals surface area contributed by atoms with Gasteiger partial charge in [-0.2, -0.15) is 0 Å². The second kappa shape index (κ2) is 4.06. The molecule has 1 aliphatic rings. The minimum absolute atomic E-state index is 0.826. The van der Waals surface area contributed by atoms with Gasteiger partial charge in [0.05, 0.1) is 0 Å². The first-order chi connectivity index (χ1) is 7.26. The van der Waals surface area contributed by atoms with Gasteiger partial charge in [0.1, 0.15) is 0 Å². The lowest BCUT2D eigenvalue weighted by Gasteiger charge is -2.09. The number of hydrogen-bond acceptors (Lipinski definition) is 0. The van der Waals surface area contributed by atoms with Gasteiger partial charge in [-0.3, -0.25) is 0 Å². The minimum atomic E-state index is 0.826. The summed E-state index contributed by atoms with van der Waals surface area (Å²) < 4.78 is 0. The average molecular weight is 198 g/mol. The van der Waals surface area contributed by atoms with Crippen LogP contribution in [0.1, 0.15) is 49.3 Å². The molecule has 0 saturated heterocycles. The van der Waals surface area contributed by atoms with Crippen LogP contribution in [-0.4, -0.2) is 0 Å². The monoisotopic (exact) mass is 198 g/mol. The molecule has 1 aliphatic carbocycles. The van der Waals surface area contributed by atoms with Gasteiger partial charge in [0.25, 0.3) is 0 Å². The van der Waals surface area contributed by atoms with Crippen molar-refractivity contribution in [3.63, 3.8) is 0 Å². The molecule has 0 spiro atoms. The second-order valence-corrected chi connectivity index (χ2v) is 4.30. The van der Waals surface area contributed by atoms with Crippen molar-refractivity contribution >= 4 is 11.6 Å². The maximum atomic E-state index is 3.87. The summed E-state index contributed by atoms with van der Waals surface area (Å²) in [4.78, 5) is 0. The van der Waals surface area contributed by atoms with E-state index in [9.17, 15) is 0 Å². The molecule has 1 aromatic rings. The molecule has 0 N–H and O–H groups in total. The Kier molecular flexibility index (Phi) is 2.77. The lowest BCUT2D eigenvalue weighted by molar-refractivity contribution is 1.13. The first-order valence-electron chi connectivity index (χ1n) is 5.66. The van der Waals surface area contributed by atoms with Crippen LogP contribution in [0.4, 0.5) is 0 Å². The van der Waals surface area contributed by atoms with Crippen LogP contribution in [0.2, 0.25) is 0 Å². The standard InChI is InChI=1S/C15H18/c1-4-11(3)15-10-14(13-7-8-13)9-6-12(15)5-2/h4-6,9-10,13H,2,7-8H2,1,3H3/b11-4-. The van der Waals surface area contributed by atoms with Crippen LogP contribution in [0, 0.1) is 0 Å². The van der Waals surface area contributed by atoms with Gasteiger partial charge in [0.15, 0.2) is 0 Å². The van der Waals surface area contributed by atoms with E-state index in [1.165, 1.54) is 35.1 Å². The van der Waals surface area contributed by atoms with Gasteiger partial charge in [-0.05, 0) is 54.9 Å². The smallest absolute Gasteiger partial charge is 0.0155 e. The molecule has 0 aliphatic heterocycles. The minimum Gasteiger partial charge on any atom is -0.0984 e. The van der Waals surface area contributed by atoms with E-state index in [1.807, 2.05) is 6.08 Å². The van der Waals surface area contributed by atoms with Gasteiger partial charge >= 0.3 is 0 Å². The van der Waals surface area contributed by atoms with Gasteiger partial charge in [0.2, 0.25) is 0 Å². The Morgan fingerprint density at radius 3 is 2.67 bits per heavy atom. The molecule has 0 radical (unpaired) electrons. The van der Waals surface area contributed by atoms with Crippen molar-refractivity contribution in [2.24, 2.45) is 0 Å². The van der Waals surface area contributed by atoms with E-state index < -0.39 is 0 Å². The van der Waals surface area contributed by atoms with Crippen molar-refractivity contribution < 1.29 is 0 Å². The average Bonchev–Trinajstić information content (AvgIpc) is 3.11. The first kappa shape index (κ1) is 10.2. The van der Waals surface area contributed by atoms with Crippen LogP contribution in [0.15, 0.2) is 30.9 Å². The first-order valence-corrected chi connectivity index (χ1v) is 5.66. The largest absolute Gasteiger partial charge is 0.0984 e. The maximum absolute atomic E-state index is 3.87. The summed E-state index contributed by atoms with van der Waals surface area (Å²) in [7, 11) is 0. The SMILES string of the molecule is C=Cc1ccc(C2CC2)cc1/C(C)=C\C. The number of allylic oxidation sites excluding steroid dienone is 2. The Bertz CT molecular complexity index is 406. The number of rotatable bonds is 3. The number of benzene rings is 1. The molecule has 0 bridgehead atoms. The molecule has 0 heteroatoms. The van der Waals surface area contributed by atoms with E-state index in [4.69, 9.17) is 0 Å². The van der Waals surface area contributed by atoms with E-state index in [0.717, 1.165) is 5.92 Å². The topological polar surface area (TPSA) is 0 Å². The molecule has 78 valence electrons. The van der Waals surface area contributed by atoms with Crippen LogP contribution in [0.3, 0.4) is 0 Å². The van der Waals surface area contributed by atoms with Crippen LogP contribution >= 0.6 is 0 Å².